The summed E-state index contributed by atoms with van der Waals surface area (Å²) in [6, 6.07) is 14.1. The quantitative estimate of drug-likeness (QED) is 0.506. The van der Waals surface area contributed by atoms with Gasteiger partial charge in [-0.3, -0.25) is 4.79 Å². The summed E-state index contributed by atoms with van der Waals surface area (Å²) in [5, 5.41) is 0. The predicted octanol–water partition coefficient (Wildman–Crippen LogP) is 3.91. The minimum absolute atomic E-state index is 0.333. The largest absolute Gasteiger partial charge is 0.462 e. The van der Waals surface area contributed by atoms with E-state index in [0.717, 1.165) is 16.7 Å². The van der Waals surface area contributed by atoms with Crippen LogP contribution in [0.15, 0.2) is 60.9 Å². The van der Waals surface area contributed by atoms with Crippen molar-refractivity contribution in [3.8, 4) is 28.3 Å². The lowest BCUT2D eigenvalue weighted by Crippen LogP contribution is -2.04. The van der Waals surface area contributed by atoms with E-state index < -0.39 is 0 Å². The molecule has 0 unspecified atom stereocenters. The van der Waals surface area contributed by atoms with E-state index in [9.17, 15) is 9.59 Å². The number of hydrogen-bond acceptors (Lipinski definition) is 6. The third kappa shape index (κ3) is 4.36. The summed E-state index contributed by atoms with van der Waals surface area (Å²) >= 11 is 0. The van der Waals surface area contributed by atoms with Crippen LogP contribution in [-0.4, -0.2) is 28.5 Å². The van der Waals surface area contributed by atoms with Crippen LogP contribution in [-0.2, 0) is 9.53 Å². The molecule has 0 spiro atoms. The van der Waals surface area contributed by atoms with E-state index in [1.54, 1.807) is 55.7 Å². The fourth-order valence-corrected chi connectivity index (χ4v) is 2.53. The fourth-order valence-electron chi connectivity index (χ4n) is 2.53. The lowest BCUT2D eigenvalue weighted by atomic mass is 10.1. The molecule has 1 heterocycles. The first kappa shape index (κ1) is 18.3. The topological polar surface area (TPSA) is 78.4 Å². The van der Waals surface area contributed by atoms with Gasteiger partial charge in [0.15, 0.2) is 5.82 Å². The maximum atomic E-state index is 11.7. The molecule has 0 amide bonds. The Hall–Kier alpha value is -3.54. The number of ether oxygens (including phenoxy) is 2. The van der Waals surface area contributed by atoms with E-state index in [1.165, 1.54) is 6.92 Å². The zero-order valence-corrected chi connectivity index (χ0v) is 15.0. The zero-order chi connectivity index (χ0) is 19.2. The Morgan fingerprint density at radius 1 is 0.926 bits per heavy atom. The number of benzene rings is 2. The number of para-hydroxylation sites is 1. The minimum atomic E-state index is -0.387. The number of carbonyl (C=O) groups is 2. The molecule has 0 aliphatic carbocycles. The molecule has 0 fully saturated rings. The smallest absolute Gasteiger partial charge is 0.338 e. The number of hydrogen-bond donors (Lipinski definition) is 0. The first-order valence-electron chi connectivity index (χ1n) is 8.46. The van der Waals surface area contributed by atoms with Crippen LogP contribution in [0.3, 0.4) is 0 Å². The van der Waals surface area contributed by atoms with E-state index in [1.807, 2.05) is 12.1 Å². The van der Waals surface area contributed by atoms with Crippen LogP contribution >= 0.6 is 0 Å². The molecule has 0 bridgehead atoms. The number of rotatable bonds is 5. The monoisotopic (exact) mass is 362 g/mol. The first-order chi connectivity index (χ1) is 13.1. The molecule has 0 atom stereocenters. The molecule has 3 rings (SSSR count). The summed E-state index contributed by atoms with van der Waals surface area (Å²) in [6.45, 7) is 3.46. The number of esters is 2. The summed E-state index contributed by atoms with van der Waals surface area (Å²) in [5.74, 6) is 0.239. The standard InChI is InChI=1S/C21H18N2O4/c1-3-26-21(25)16-10-8-15(9-11-16)20-22-12-17(13-23-20)18-6-4-5-7-19(18)27-14(2)24/h4-13H,3H2,1-2H3. The van der Waals surface area contributed by atoms with E-state index in [-0.39, 0.29) is 11.9 Å². The highest BCUT2D eigenvalue weighted by molar-refractivity contribution is 5.89. The van der Waals surface area contributed by atoms with Crippen molar-refractivity contribution in [2.75, 3.05) is 6.61 Å². The molecule has 0 aliphatic rings. The highest BCUT2D eigenvalue weighted by atomic mass is 16.5. The Kier molecular flexibility index (Phi) is 5.56. The summed E-state index contributed by atoms with van der Waals surface area (Å²) in [7, 11) is 0. The summed E-state index contributed by atoms with van der Waals surface area (Å²) < 4.78 is 10.2. The summed E-state index contributed by atoms with van der Waals surface area (Å²) in [4.78, 5) is 31.8. The lowest BCUT2D eigenvalue weighted by Gasteiger charge is -2.09. The molecule has 0 N–H and O–H groups in total. The van der Waals surface area contributed by atoms with Gasteiger partial charge in [-0.2, -0.15) is 0 Å². The van der Waals surface area contributed by atoms with Crippen molar-refractivity contribution >= 4 is 11.9 Å². The molecule has 136 valence electrons. The van der Waals surface area contributed by atoms with Crippen molar-refractivity contribution in [1.82, 2.24) is 9.97 Å². The number of carbonyl (C=O) groups excluding carboxylic acids is 2. The van der Waals surface area contributed by atoms with Crippen molar-refractivity contribution in [2.24, 2.45) is 0 Å². The molecule has 6 heteroatoms. The maximum Gasteiger partial charge on any atom is 0.338 e. The van der Waals surface area contributed by atoms with Crippen molar-refractivity contribution in [3.63, 3.8) is 0 Å². The molecule has 3 aromatic rings. The molecule has 2 aromatic carbocycles. The van der Waals surface area contributed by atoms with E-state index in [4.69, 9.17) is 9.47 Å². The first-order valence-corrected chi connectivity index (χ1v) is 8.46. The van der Waals surface area contributed by atoms with Crippen LogP contribution in [0.25, 0.3) is 22.5 Å². The average Bonchev–Trinajstić information content (AvgIpc) is 2.68. The SMILES string of the molecule is CCOC(=O)c1ccc(-c2ncc(-c3ccccc3OC(C)=O)cn2)cc1. The average molecular weight is 362 g/mol. The zero-order valence-electron chi connectivity index (χ0n) is 15.0. The van der Waals surface area contributed by atoms with Gasteiger partial charge in [-0.25, -0.2) is 14.8 Å². The van der Waals surface area contributed by atoms with Crippen LogP contribution < -0.4 is 4.74 Å². The van der Waals surface area contributed by atoms with Gasteiger partial charge in [0.2, 0.25) is 0 Å². The molecule has 1 aromatic heterocycles. The van der Waals surface area contributed by atoms with Gasteiger partial charge in [0, 0.05) is 36.0 Å². The van der Waals surface area contributed by atoms with Crippen molar-refractivity contribution in [3.05, 3.63) is 66.5 Å². The van der Waals surface area contributed by atoms with E-state index >= 15 is 0 Å². The Labute approximate surface area is 156 Å². The summed E-state index contributed by atoms with van der Waals surface area (Å²) in [6.07, 6.45) is 3.34. The van der Waals surface area contributed by atoms with E-state index in [0.29, 0.717) is 23.7 Å². The molecule has 0 radical (unpaired) electrons. The number of nitrogens with zero attached hydrogens (tertiary/aromatic N) is 2. The Balaban J connectivity index is 1.84. The van der Waals surface area contributed by atoms with Gasteiger partial charge in [0.1, 0.15) is 5.75 Å². The van der Waals surface area contributed by atoms with Crippen LogP contribution in [0.5, 0.6) is 5.75 Å². The van der Waals surface area contributed by atoms with Gasteiger partial charge in [-0.05, 0) is 25.1 Å². The molecule has 0 aliphatic heterocycles. The van der Waals surface area contributed by atoms with Crippen LogP contribution in [0.4, 0.5) is 0 Å². The van der Waals surface area contributed by atoms with Gasteiger partial charge in [0.05, 0.1) is 12.2 Å². The molecule has 0 saturated carbocycles. The molecular weight excluding hydrogens is 344 g/mol. The third-order valence-electron chi connectivity index (χ3n) is 3.76. The predicted molar refractivity (Wildman–Crippen MR) is 100 cm³/mol. The second kappa shape index (κ2) is 8.23. The molecular formula is C21H18N2O4. The lowest BCUT2D eigenvalue weighted by molar-refractivity contribution is -0.131. The van der Waals surface area contributed by atoms with Crippen LogP contribution in [0.1, 0.15) is 24.2 Å². The minimum Gasteiger partial charge on any atom is -0.462 e. The fraction of sp³-hybridized carbons (Fsp3) is 0.143. The second-order valence-electron chi connectivity index (χ2n) is 5.68. The summed E-state index contributed by atoms with van der Waals surface area (Å²) in [5.41, 5.74) is 2.73. The highest BCUT2D eigenvalue weighted by Gasteiger charge is 2.11. The highest BCUT2D eigenvalue weighted by Crippen LogP contribution is 2.29. The Morgan fingerprint density at radius 3 is 2.22 bits per heavy atom. The maximum absolute atomic E-state index is 11.7. The number of aromatic nitrogens is 2. The van der Waals surface area contributed by atoms with Gasteiger partial charge in [-0.1, -0.05) is 30.3 Å². The van der Waals surface area contributed by atoms with Crippen LogP contribution in [0, 0.1) is 0 Å². The van der Waals surface area contributed by atoms with E-state index in [2.05, 4.69) is 9.97 Å². The van der Waals surface area contributed by atoms with Crippen molar-refractivity contribution in [2.45, 2.75) is 13.8 Å². The van der Waals surface area contributed by atoms with Crippen molar-refractivity contribution in [1.29, 1.82) is 0 Å². The van der Waals surface area contributed by atoms with Gasteiger partial charge >= 0.3 is 11.9 Å². The second-order valence-corrected chi connectivity index (χ2v) is 5.68. The Bertz CT molecular complexity index is 951. The molecule has 27 heavy (non-hydrogen) atoms. The molecule has 6 nitrogen and oxygen atoms in total. The van der Waals surface area contributed by atoms with Crippen LogP contribution in [0.2, 0.25) is 0 Å². The Morgan fingerprint density at radius 2 is 1.59 bits per heavy atom. The normalized spacial score (nSPS) is 10.3. The third-order valence-corrected chi connectivity index (χ3v) is 3.76. The van der Waals surface area contributed by atoms with Gasteiger partial charge in [-0.15, -0.1) is 0 Å². The van der Waals surface area contributed by atoms with Crippen molar-refractivity contribution < 1.29 is 19.1 Å². The van der Waals surface area contributed by atoms with Gasteiger partial charge < -0.3 is 9.47 Å². The van der Waals surface area contributed by atoms with Gasteiger partial charge in [0.25, 0.3) is 0 Å². The molecule has 0 saturated heterocycles.